The third kappa shape index (κ3) is 7.01. The summed E-state index contributed by atoms with van der Waals surface area (Å²) in [6.45, 7) is 3.60. The van der Waals surface area contributed by atoms with E-state index in [1.165, 1.54) is 29.6 Å². The topological polar surface area (TPSA) is 138 Å². The molecule has 224 valence electrons. The first-order chi connectivity index (χ1) is 20.0. The standard InChI is InChI=1S/C30H36N4O7S/c1-20-17-34(21(2)19-35)29(36)26-16-23(32-30(37)31-22-10-13-24(40-4)14-11-22)12-15-27(26)41-28(20)18-33(3)42(38,39)25-8-6-5-7-9-25/h5-16,20-21,28,35H,17-19H2,1-4H3,(H2,31,32,37)/t20-,21+,28+/m1/s1. The number of anilines is 2. The number of hydrogen-bond acceptors (Lipinski definition) is 7. The maximum atomic E-state index is 13.7. The molecular formula is C30H36N4O7S. The van der Waals surface area contributed by atoms with Crippen molar-refractivity contribution in [2.75, 3.05) is 44.5 Å². The van der Waals surface area contributed by atoms with Crippen molar-refractivity contribution in [2.24, 2.45) is 5.92 Å². The van der Waals surface area contributed by atoms with Gasteiger partial charge in [-0.05, 0) is 61.5 Å². The molecule has 0 unspecified atom stereocenters. The second kappa shape index (κ2) is 13.2. The van der Waals surface area contributed by atoms with Gasteiger partial charge in [0.2, 0.25) is 10.0 Å². The van der Waals surface area contributed by atoms with E-state index in [1.54, 1.807) is 73.5 Å². The Morgan fingerprint density at radius 3 is 2.38 bits per heavy atom. The molecule has 12 heteroatoms. The first kappa shape index (κ1) is 30.8. The summed E-state index contributed by atoms with van der Waals surface area (Å²) in [6.07, 6.45) is -0.620. The highest BCUT2D eigenvalue weighted by Gasteiger charge is 2.35. The van der Waals surface area contributed by atoms with Crippen molar-refractivity contribution in [3.8, 4) is 11.5 Å². The molecule has 0 saturated carbocycles. The highest BCUT2D eigenvalue weighted by molar-refractivity contribution is 7.89. The number of hydrogen-bond donors (Lipinski definition) is 3. The van der Waals surface area contributed by atoms with Gasteiger partial charge in [0.25, 0.3) is 5.91 Å². The average molecular weight is 597 g/mol. The second-order valence-corrected chi connectivity index (χ2v) is 12.3. The van der Waals surface area contributed by atoms with E-state index < -0.39 is 28.2 Å². The molecule has 0 aromatic heterocycles. The van der Waals surface area contributed by atoms with E-state index in [0.29, 0.717) is 17.1 Å². The van der Waals surface area contributed by atoms with Crippen LogP contribution in [0.3, 0.4) is 0 Å². The summed E-state index contributed by atoms with van der Waals surface area (Å²) in [5, 5.41) is 15.4. The number of methoxy groups -OCH3 is 1. The lowest BCUT2D eigenvalue weighted by molar-refractivity contribution is 0.0387. The predicted octanol–water partition coefficient (Wildman–Crippen LogP) is 3.88. The molecule has 0 saturated heterocycles. The van der Waals surface area contributed by atoms with Crippen LogP contribution in [0.1, 0.15) is 24.2 Å². The number of benzene rings is 3. The summed E-state index contributed by atoms with van der Waals surface area (Å²) in [5.74, 6) is 0.247. The number of aliphatic hydroxyl groups is 1. The van der Waals surface area contributed by atoms with E-state index in [1.807, 2.05) is 6.92 Å². The maximum absolute atomic E-state index is 13.7. The third-order valence-electron chi connectivity index (χ3n) is 7.16. The summed E-state index contributed by atoms with van der Waals surface area (Å²) >= 11 is 0. The van der Waals surface area contributed by atoms with E-state index in [2.05, 4.69) is 10.6 Å². The Labute approximate surface area is 246 Å². The molecule has 0 spiro atoms. The number of amides is 3. The van der Waals surface area contributed by atoms with Crippen molar-refractivity contribution in [1.29, 1.82) is 0 Å². The smallest absolute Gasteiger partial charge is 0.323 e. The molecule has 42 heavy (non-hydrogen) atoms. The van der Waals surface area contributed by atoms with Crippen LogP contribution in [0.25, 0.3) is 0 Å². The number of sulfonamides is 1. The van der Waals surface area contributed by atoms with Gasteiger partial charge in [0, 0.05) is 30.9 Å². The fourth-order valence-electron chi connectivity index (χ4n) is 4.61. The largest absolute Gasteiger partial charge is 0.497 e. The van der Waals surface area contributed by atoms with Gasteiger partial charge < -0.3 is 30.1 Å². The highest BCUT2D eigenvalue weighted by Crippen LogP contribution is 2.31. The van der Waals surface area contributed by atoms with E-state index in [9.17, 15) is 23.1 Å². The zero-order valence-electron chi connectivity index (χ0n) is 24.0. The quantitative estimate of drug-likeness (QED) is 0.341. The molecule has 0 fully saturated rings. The fourth-order valence-corrected chi connectivity index (χ4v) is 5.81. The maximum Gasteiger partial charge on any atom is 0.323 e. The molecular weight excluding hydrogens is 560 g/mol. The van der Waals surface area contributed by atoms with Gasteiger partial charge in [0.15, 0.2) is 0 Å². The number of fused-ring (bicyclic) bond motifs is 1. The van der Waals surface area contributed by atoms with Crippen LogP contribution in [0, 0.1) is 5.92 Å². The predicted molar refractivity (Wildman–Crippen MR) is 159 cm³/mol. The zero-order valence-corrected chi connectivity index (χ0v) is 24.8. The minimum absolute atomic E-state index is 0.0254. The lowest BCUT2D eigenvalue weighted by atomic mass is 9.99. The van der Waals surface area contributed by atoms with Crippen molar-refractivity contribution in [3.63, 3.8) is 0 Å². The Morgan fingerprint density at radius 1 is 1.10 bits per heavy atom. The van der Waals surface area contributed by atoms with E-state index >= 15 is 0 Å². The molecule has 4 rings (SSSR count). The number of urea groups is 1. The number of carbonyl (C=O) groups excluding carboxylic acids is 2. The Bertz CT molecular complexity index is 1500. The Balaban J connectivity index is 1.59. The first-order valence-electron chi connectivity index (χ1n) is 13.5. The van der Waals surface area contributed by atoms with Gasteiger partial charge in [0.1, 0.15) is 17.6 Å². The van der Waals surface area contributed by atoms with Crippen LogP contribution in [-0.2, 0) is 10.0 Å². The molecule has 3 aromatic rings. The highest BCUT2D eigenvalue weighted by atomic mass is 32.2. The SMILES string of the molecule is COc1ccc(NC(=O)Nc2ccc3c(c2)C(=O)N([C@@H](C)CO)C[C@@H](C)[C@H](CN(C)S(=O)(=O)c2ccccc2)O3)cc1. The number of rotatable bonds is 9. The molecule has 3 N–H and O–H groups in total. The van der Waals surface area contributed by atoms with Gasteiger partial charge in [-0.25, -0.2) is 13.2 Å². The number of aliphatic hydroxyl groups excluding tert-OH is 1. The van der Waals surface area contributed by atoms with E-state index in [-0.39, 0.29) is 47.7 Å². The van der Waals surface area contributed by atoms with Crippen LogP contribution in [0.5, 0.6) is 11.5 Å². The lowest BCUT2D eigenvalue weighted by Gasteiger charge is -2.38. The molecule has 3 atom stereocenters. The Kier molecular flexibility index (Phi) is 9.71. The van der Waals surface area contributed by atoms with Gasteiger partial charge >= 0.3 is 6.03 Å². The first-order valence-corrected chi connectivity index (χ1v) is 14.9. The average Bonchev–Trinajstić information content (AvgIpc) is 2.99. The van der Waals surface area contributed by atoms with Gasteiger partial charge in [-0.2, -0.15) is 4.31 Å². The lowest BCUT2D eigenvalue weighted by Crippen LogP contribution is -2.50. The molecule has 11 nitrogen and oxygen atoms in total. The Hall–Kier alpha value is -4.13. The second-order valence-electron chi connectivity index (χ2n) is 10.2. The number of likely N-dealkylation sites (N-methyl/N-ethyl adjacent to an activating group) is 1. The normalized spacial score (nSPS) is 17.9. The van der Waals surface area contributed by atoms with Crippen LogP contribution < -0.4 is 20.1 Å². The summed E-state index contributed by atoms with van der Waals surface area (Å²) in [4.78, 5) is 28.1. The minimum Gasteiger partial charge on any atom is -0.497 e. The van der Waals surface area contributed by atoms with Crippen LogP contribution in [0.2, 0.25) is 0 Å². The summed E-state index contributed by atoms with van der Waals surface area (Å²) in [5.41, 5.74) is 1.08. The van der Waals surface area contributed by atoms with E-state index in [0.717, 1.165) is 0 Å². The number of ether oxygens (including phenoxy) is 2. The van der Waals surface area contributed by atoms with Gasteiger partial charge in [-0.3, -0.25) is 4.79 Å². The molecule has 1 aliphatic heterocycles. The number of carbonyl (C=O) groups is 2. The van der Waals surface area contributed by atoms with E-state index in [4.69, 9.17) is 9.47 Å². The van der Waals surface area contributed by atoms with Gasteiger partial charge in [-0.1, -0.05) is 25.1 Å². The minimum atomic E-state index is -3.78. The van der Waals surface area contributed by atoms with Gasteiger partial charge in [0.05, 0.1) is 36.8 Å². The third-order valence-corrected chi connectivity index (χ3v) is 9.00. The Morgan fingerprint density at radius 2 is 1.74 bits per heavy atom. The summed E-state index contributed by atoms with van der Waals surface area (Å²) in [7, 11) is -0.740. The van der Waals surface area contributed by atoms with Crippen molar-refractivity contribution in [3.05, 3.63) is 78.4 Å². The fraction of sp³-hybridized carbons (Fsp3) is 0.333. The van der Waals surface area contributed by atoms with Crippen LogP contribution in [0.4, 0.5) is 16.2 Å². The molecule has 1 aliphatic rings. The number of nitrogens with one attached hydrogen (secondary N) is 2. The molecule has 0 radical (unpaired) electrons. The molecule has 0 bridgehead atoms. The van der Waals surface area contributed by atoms with Crippen molar-refractivity contribution in [2.45, 2.75) is 30.9 Å². The zero-order chi connectivity index (χ0) is 30.4. The van der Waals surface area contributed by atoms with Crippen LogP contribution in [-0.4, -0.2) is 80.7 Å². The van der Waals surface area contributed by atoms with Gasteiger partial charge in [-0.15, -0.1) is 0 Å². The molecule has 0 aliphatic carbocycles. The van der Waals surface area contributed by atoms with Crippen molar-refractivity contribution >= 4 is 33.3 Å². The molecule has 3 amide bonds. The van der Waals surface area contributed by atoms with Crippen molar-refractivity contribution < 1.29 is 32.6 Å². The summed E-state index contributed by atoms with van der Waals surface area (Å²) in [6, 6.07) is 18.6. The number of nitrogens with zero attached hydrogens (tertiary/aromatic N) is 2. The van der Waals surface area contributed by atoms with Crippen LogP contribution in [0.15, 0.2) is 77.7 Å². The van der Waals surface area contributed by atoms with Crippen molar-refractivity contribution in [1.82, 2.24) is 9.21 Å². The molecule has 1 heterocycles. The summed E-state index contributed by atoms with van der Waals surface area (Å²) < 4.78 is 39.1. The van der Waals surface area contributed by atoms with Crippen LogP contribution >= 0.6 is 0 Å². The monoisotopic (exact) mass is 596 g/mol. The molecule has 3 aromatic carbocycles.